The van der Waals surface area contributed by atoms with Crippen LogP contribution in [0.4, 0.5) is 34.1 Å². The maximum Gasteiger partial charge on any atom is 0.0464 e. The average molecular weight is 705 g/mol. The van der Waals surface area contributed by atoms with Gasteiger partial charge in [-0.25, -0.2) is 0 Å². The van der Waals surface area contributed by atoms with Gasteiger partial charge in [-0.15, -0.1) is 0 Å². The molecule has 7 aromatic carbocycles. The minimum Gasteiger partial charge on any atom is -0.310 e. The van der Waals surface area contributed by atoms with Gasteiger partial charge in [0.25, 0.3) is 0 Å². The minimum atomic E-state index is 0.355. The summed E-state index contributed by atoms with van der Waals surface area (Å²) in [6.45, 7) is 17.9. The van der Waals surface area contributed by atoms with Crippen LogP contribution in [0.2, 0.25) is 0 Å². The van der Waals surface area contributed by atoms with Crippen molar-refractivity contribution in [3.63, 3.8) is 0 Å². The third kappa shape index (κ3) is 7.75. The van der Waals surface area contributed by atoms with E-state index in [1.165, 1.54) is 55.6 Å². The van der Waals surface area contributed by atoms with Gasteiger partial charge in [0.1, 0.15) is 0 Å². The zero-order valence-corrected chi connectivity index (χ0v) is 33.1. The van der Waals surface area contributed by atoms with Gasteiger partial charge in [0, 0.05) is 34.1 Å². The smallest absolute Gasteiger partial charge is 0.0464 e. The number of anilines is 6. The van der Waals surface area contributed by atoms with Gasteiger partial charge < -0.3 is 9.80 Å². The second-order valence-electron chi connectivity index (χ2n) is 15.5. The third-order valence-electron chi connectivity index (χ3n) is 10.4. The summed E-state index contributed by atoms with van der Waals surface area (Å²) >= 11 is 0. The fraction of sp³-hybridized carbons (Fsp3) is 0.192. The monoisotopic (exact) mass is 704 g/mol. The molecule has 0 radical (unpaired) electrons. The summed E-state index contributed by atoms with van der Waals surface area (Å²) in [5, 5.41) is 0. The standard InChI is InChI=1S/C52H52N2/c1-35(2)49-33-52(42-23-27-44(28-24-42)54(47-19-11-15-39(7)31-47)48-20-12-16-40(8)32-48)50(36(3)4)34-51(49)41-21-25-43(26-22-41)53(45-17-9-13-37(5)29-45)46-18-10-14-38(6)30-46/h9-36H,1-8H3. The van der Waals surface area contributed by atoms with Crippen LogP contribution in [0.5, 0.6) is 0 Å². The van der Waals surface area contributed by atoms with Crippen LogP contribution in [0.25, 0.3) is 22.3 Å². The molecule has 7 rings (SSSR count). The quantitative estimate of drug-likeness (QED) is 0.140. The number of hydrogen-bond donors (Lipinski definition) is 0. The van der Waals surface area contributed by atoms with Crippen molar-refractivity contribution in [3.8, 4) is 22.3 Å². The SMILES string of the molecule is Cc1cccc(N(c2ccc(-c3cc(C(C)C)c(-c4ccc(N(c5cccc(C)c5)c5cccc(C)c5)cc4)cc3C(C)C)cc2)c2cccc(C)c2)c1. The van der Waals surface area contributed by atoms with E-state index < -0.39 is 0 Å². The summed E-state index contributed by atoms with van der Waals surface area (Å²) in [4.78, 5) is 4.72. The molecule has 0 aliphatic rings. The van der Waals surface area contributed by atoms with Crippen LogP contribution in [-0.4, -0.2) is 0 Å². The van der Waals surface area contributed by atoms with E-state index in [4.69, 9.17) is 0 Å². The molecule has 54 heavy (non-hydrogen) atoms. The number of rotatable bonds is 10. The van der Waals surface area contributed by atoms with E-state index in [9.17, 15) is 0 Å². The molecule has 0 atom stereocenters. The zero-order chi connectivity index (χ0) is 37.9. The predicted octanol–water partition coefficient (Wildman–Crippen LogP) is 15.4. The molecule has 2 heteroatoms. The van der Waals surface area contributed by atoms with Gasteiger partial charge in [0.05, 0.1) is 0 Å². The van der Waals surface area contributed by atoms with Crippen LogP contribution in [0.1, 0.15) is 72.9 Å². The lowest BCUT2D eigenvalue weighted by Gasteiger charge is -2.27. The van der Waals surface area contributed by atoms with Crippen LogP contribution in [-0.2, 0) is 0 Å². The summed E-state index contributed by atoms with van der Waals surface area (Å²) in [5.74, 6) is 0.710. The maximum atomic E-state index is 2.46. The lowest BCUT2D eigenvalue weighted by atomic mass is 9.83. The van der Waals surface area contributed by atoms with Crippen LogP contribution >= 0.6 is 0 Å². The van der Waals surface area contributed by atoms with E-state index in [1.807, 2.05) is 0 Å². The molecule has 0 saturated heterocycles. The van der Waals surface area contributed by atoms with Gasteiger partial charge in [-0.3, -0.25) is 0 Å². The second kappa shape index (κ2) is 15.6. The lowest BCUT2D eigenvalue weighted by molar-refractivity contribution is 0.849. The highest BCUT2D eigenvalue weighted by Crippen LogP contribution is 2.42. The first-order chi connectivity index (χ1) is 26.0. The molecule has 0 amide bonds. The molecular formula is C52H52N2. The molecule has 0 unspecified atom stereocenters. The Hall–Kier alpha value is -5.86. The van der Waals surface area contributed by atoms with Gasteiger partial charge in [0.15, 0.2) is 0 Å². The molecule has 7 aromatic rings. The Bertz CT molecular complexity index is 2120. The Labute approximate surface area is 323 Å². The van der Waals surface area contributed by atoms with Gasteiger partial charge in [-0.1, -0.05) is 100 Å². The van der Waals surface area contributed by atoms with Crippen molar-refractivity contribution in [1.29, 1.82) is 0 Å². The average Bonchev–Trinajstić information content (AvgIpc) is 3.15. The molecule has 0 aromatic heterocycles. The first-order valence-corrected chi connectivity index (χ1v) is 19.3. The number of aryl methyl sites for hydroxylation is 4. The van der Waals surface area contributed by atoms with Crippen molar-refractivity contribution in [1.82, 2.24) is 0 Å². The molecule has 2 nitrogen and oxygen atoms in total. The van der Waals surface area contributed by atoms with E-state index in [1.54, 1.807) is 0 Å². The molecule has 0 fully saturated rings. The van der Waals surface area contributed by atoms with Gasteiger partial charge >= 0.3 is 0 Å². The van der Waals surface area contributed by atoms with Gasteiger partial charge in [0.2, 0.25) is 0 Å². The van der Waals surface area contributed by atoms with E-state index in [0.717, 1.165) is 34.1 Å². The van der Waals surface area contributed by atoms with Crippen LogP contribution in [0, 0.1) is 27.7 Å². The summed E-state index contributed by atoms with van der Waals surface area (Å²) in [5.41, 5.74) is 19.7. The van der Waals surface area contributed by atoms with E-state index >= 15 is 0 Å². The predicted molar refractivity (Wildman–Crippen MR) is 234 cm³/mol. The number of benzene rings is 7. The normalized spacial score (nSPS) is 11.3. The molecule has 0 bridgehead atoms. The molecule has 0 aliphatic heterocycles. The number of nitrogens with zero attached hydrogens (tertiary/aromatic N) is 2. The van der Waals surface area contributed by atoms with E-state index in [0.29, 0.717) is 11.8 Å². The molecule has 0 aliphatic carbocycles. The van der Waals surface area contributed by atoms with E-state index in [2.05, 4.69) is 223 Å². The maximum absolute atomic E-state index is 2.46. The largest absolute Gasteiger partial charge is 0.310 e. The Kier molecular flexibility index (Phi) is 10.6. The molecule has 0 spiro atoms. The third-order valence-corrected chi connectivity index (χ3v) is 10.4. The van der Waals surface area contributed by atoms with Gasteiger partial charge in [-0.05, 0) is 180 Å². The Morgan fingerprint density at radius 2 is 0.593 bits per heavy atom. The van der Waals surface area contributed by atoms with Crippen molar-refractivity contribution in [3.05, 3.63) is 191 Å². The summed E-state index contributed by atoms with van der Waals surface area (Å²) in [6, 6.07) is 58.3. The van der Waals surface area contributed by atoms with Crippen molar-refractivity contribution < 1.29 is 0 Å². The highest BCUT2D eigenvalue weighted by atomic mass is 15.1. The van der Waals surface area contributed by atoms with Crippen molar-refractivity contribution in [2.45, 2.75) is 67.2 Å². The van der Waals surface area contributed by atoms with Crippen LogP contribution in [0.15, 0.2) is 158 Å². The van der Waals surface area contributed by atoms with Crippen molar-refractivity contribution in [2.24, 2.45) is 0 Å². The highest BCUT2D eigenvalue weighted by Gasteiger charge is 2.20. The fourth-order valence-corrected chi connectivity index (χ4v) is 7.63. The summed E-state index contributed by atoms with van der Waals surface area (Å²) in [7, 11) is 0. The molecule has 0 N–H and O–H groups in total. The minimum absolute atomic E-state index is 0.355. The summed E-state index contributed by atoms with van der Waals surface area (Å²) < 4.78 is 0. The van der Waals surface area contributed by atoms with Crippen LogP contribution < -0.4 is 9.80 Å². The highest BCUT2D eigenvalue weighted by molar-refractivity contribution is 5.83. The second-order valence-corrected chi connectivity index (χ2v) is 15.5. The van der Waals surface area contributed by atoms with E-state index in [-0.39, 0.29) is 0 Å². The molecule has 270 valence electrons. The lowest BCUT2D eigenvalue weighted by Crippen LogP contribution is -2.10. The topological polar surface area (TPSA) is 6.48 Å². The molecule has 0 heterocycles. The first-order valence-electron chi connectivity index (χ1n) is 19.3. The Morgan fingerprint density at radius 3 is 0.833 bits per heavy atom. The fourth-order valence-electron chi connectivity index (χ4n) is 7.63. The van der Waals surface area contributed by atoms with Gasteiger partial charge in [-0.2, -0.15) is 0 Å². The molecular weight excluding hydrogens is 653 g/mol. The van der Waals surface area contributed by atoms with Crippen molar-refractivity contribution >= 4 is 34.1 Å². The zero-order valence-electron chi connectivity index (χ0n) is 33.1. The summed E-state index contributed by atoms with van der Waals surface area (Å²) in [6.07, 6.45) is 0. The first kappa shape index (κ1) is 36.5. The van der Waals surface area contributed by atoms with Crippen molar-refractivity contribution in [2.75, 3.05) is 9.80 Å². The Morgan fingerprint density at radius 1 is 0.315 bits per heavy atom. The van der Waals surface area contributed by atoms with Crippen LogP contribution in [0.3, 0.4) is 0 Å². The Balaban J connectivity index is 1.28. The molecule has 0 saturated carbocycles. The number of hydrogen-bond acceptors (Lipinski definition) is 2.